The van der Waals surface area contributed by atoms with Crippen molar-refractivity contribution in [2.45, 2.75) is 57.0 Å². The summed E-state index contributed by atoms with van der Waals surface area (Å²) in [6, 6.07) is 2.73. The minimum Gasteiger partial charge on any atom is -0.374 e. The molecule has 2 aromatic rings. The number of amides is 4. The van der Waals surface area contributed by atoms with E-state index in [4.69, 9.17) is 10.5 Å². The summed E-state index contributed by atoms with van der Waals surface area (Å²) in [5.74, 6) is -1.60. The van der Waals surface area contributed by atoms with E-state index >= 15 is 0 Å². The number of ether oxygens (including phenoxy) is 1. The lowest BCUT2D eigenvalue weighted by Gasteiger charge is -2.35. The van der Waals surface area contributed by atoms with Crippen molar-refractivity contribution in [1.29, 1.82) is 0 Å². The Bertz CT molecular complexity index is 1560. The second-order valence-electron chi connectivity index (χ2n) is 12.2. The van der Waals surface area contributed by atoms with Crippen molar-refractivity contribution in [2.75, 3.05) is 50.5 Å². The van der Waals surface area contributed by atoms with Crippen molar-refractivity contribution in [2.24, 2.45) is 5.73 Å². The molecule has 5 rings (SSSR count). The van der Waals surface area contributed by atoms with Gasteiger partial charge in [0.15, 0.2) is 0 Å². The van der Waals surface area contributed by atoms with Gasteiger partial charge in [0.2, 0.25) is 11.8 Å². The molecule has 3 fully saturated rings. The molecule has 5 atom stereocenters. The van der Waals surface area contributed by atoms with E-state index in [1.165, 1.54) is 23.2 Å². The van der Waals surface area contributed by atoms with Crippen LogP contribution in [0.3, 0.4) is 0 Å². The summed E-state index contributed by atoms with van der Waals surface area (Å²) >= 11 is 3.30. The number of nitrogens with two attached hydrogens (primary N) is 1. The minimum atomic E-state index is -1.01. The largest absolute Gasteiger partial charge is 0.374 e. The van der Waals surface area contributed by atoms with E-state index in [1.807, 2.05) is 25.8 Å². The first-order chi connectivity index (χ1) is 21.7. The molecule has 0 saturated carbocycles. The molecular weight excluding hydrogens is 664 g/mol. The van der Waals surface area contributed by atoms with Crippen LogP contribution in [0.2, 0.25) is 0 Å². The molecule has 0 spiro atoms. The Morgan fingerprint density at radius 3 is 2.41 bits per heavy atom. The van der Waals surface area contributed by atoms with Gasteiger partial charge in [0.05, 0.1) is 46.2 Å². The highest BCUT2D eigenvalue weighted by Crippen LogP contribution is 2.36. The number of nitro groups is 1. The Morgan fingerprint density at radius 1 is 1.11 bits per heavy atom. The number of carbonyl (C=O) groups is 4. The molecular formula is C30H37BrN8O7. The van der Waals surface area contributed by atoms with Gasteiger partial charge in [0, 0.05) is 69.5 Å². The van der Waals surface area contributed by atoms with Crippen LogP contribution in [-0.4, -0.2) is 119 Å². The summed E-state index contributed by atoms with van der Waals surface area (Å²) in [5.41, 5.74) is 6.33. The van der Waals surface area contributed by atoms with Crippen LogP contribution < -0.4 is 16.0 Å². The first-order valence-electron chi connectivity index (χ1n) is 14.9. The number of aromatic nitrogens is 1. The zero-order valence-corrected chi connectivity index (χ0v) is 27.6. The number of nitro benzene ring substituents is 1. The number of morpholine rings is 1. The van der Waals surface area contributed by atoms with Gasteiger partial charge >= 0.3 is 0 Å². The molecule has 3 aliphatic rings. The van der Waals surface area contributed by atoms with Crippen LogP contribution in [0.4, 0.5) is 17.1 Å². The predicted molar refractivity (Wildman–Crippen MR) is 171 cm³/mol. The average Bonchev–Trinajstić information content (AvgIpc) is 3.58. The fourth-order valence-corrected chi connectivity index (χ4v) is 6.87. The van der Waals surface area contributed by atoms with Crippen molar-refractivity contribution < 1.29 is 28.8 Å². The van der Waals surface area contributed by atoms with E-state index in [-0.39, 0.29) is 59.6 Å². The summed E-state index contributed by atoms with van der Waals surface area (Å²) in [7, 11) is 3.56. The molecule has 4 amide bonds. The molecule has 4 unspecified atom stereocenters. The monoisotopic (exact) mass is 700 g/mol. The quantitative estimate of drug-likeness (QED) is 0.304. The van der Waals surface area contributed by atoms with E-state index in [0.717, 1.165) is 0 Å². The van der Waals surface area contributed by atoms with Crippen molar-refractivity contribution in [1.82, 2.24) is 19.7 Å². The molecule has 1 aromatic heterocycles. The molecule has 0 aliphatic carbocycles. The summed E-state index contributed by atoms with van der Waals surface area (Å²) in [6.45, 7) is 4.85. The summed E-state index contributed by atoms with van der Waals surface area (Å²) < 4.78 is 6.11. The Hall–Kier alpha value is -4.31. The van der Waals surface area contributed by atoms with Crippen LogP contribution in [0.25, 0.3) is 0 Å². The van der Waals surface area contributed by atoms with E-state index < -0.39 is 34.7 Å². The number of pyridine rings is 1. The van der Waals surface area contributed by atoms with Gasteiger partial charge in [-0.25, -0.2) is 0 Å². The molecule has 0 bridgehead atoms. The number of primary amides is 1. The molecule has 1 aromatic carbocycles. The molecule has 4 heterocycles. The summed E-state index contributed by atoms with van der Waals surface area (Å²) in [6.07, 6.45) is 2.96. The summed E-state index contributed by atoms with van der Waals surface area (Å²) in [5, 5.41) is 15.3. The lowest BCUT2D eigenvalue weighted by molar-refractivity contribution is -0.384. The third kappa shape index (κ3) is 6.77. The number of hydrogen-bond donors (Lipinski definition) is 2. The Morgan fingerprint density at radius 2 is 1.80 bits per heavy atom. The molecule has 246 valence electrons. The minimum absolute atomic E-state index is 0.00566. The predicted octanol–water partition coefficient (Wildman–Crippen LogP) is 1.85. The number of rotatable bonds is 8. The van der Waals surface area contributed by atoms with Crippen LogP contribution in [0, 0.1) is 10.1 Å². The topological polar surface area (TPSA) is 185 Å². The van der Waals surface area contributed by atoms with E-state index in [2.05, 4.69) is 26.2 Å². The van der Waals surface area contributed by atoms with Crippen LogP contribution in [0.5, 0.6) is 0 Å². The zero-order chi connectivity index (χ0) is 33.4. The molecule has 46 heavy (non-hydrogen) atoms. The second-order valence-corrected chi connectivity index (χ2v) is 13.1. The van der Waals surface area contributed by atoms with Gasteiger partial charge in [0.1, 0.15) is 11.7 Å². The number of hydrogen-bond acceptors (Lipinski definition) is 10. The smallest absolute Gasteiger partial charge is 0.294 e. The number of carbonyl (C=O) groups excluding carboxylic acids is 4. The Balaban J connectivity index is 1.40. The zero-order valence-electron chi connectivity index (χ0n) is 26.0. The van der Waals surface area contributed by atoms with Gasteiger partial charge in [-0.2, -0.15) is 0 Å². The van der Waals surface area contributed by atoms with Crippen molar-refractivity contribution in [3.05, 3.63) is 56.3 Å². The normalized spacial score (nSPS) is 24.7. The standard InChI is InChI=1S/C30H37BrN8O7/c1-16-12-37(13-17(2)46-16)30(43)23-6-19(31)7-24(39(44)45)27(23)34-20-8-25(28(32)41)38(14-20)29(42)18-5-21(11-33-10-18)36(4)22-9-26(40)35(3)15-22/h5-7,10-11,16-17,20,22,25,34H,8-9,12-15H2,1-4H3,(H2,32,41)/t16?,17?,20?,22-,25?/m0/s1. The van der Waals surface area contributed by atoms with Gasteiger partial charge in [0.25, 0.3) is 17.5 Å². The SMILES string of the molecule is CC1CN(C(=O)c2cc(Br)cc([N+](=O)[O-])c2NC2CC(C(N)=O)N(C(=O)c3cncc(N(C)[C@H]4CC(=O)N(C)C4)c3)C2)CC(C)O1. The highest BCUT2D eigenvalue weighted by atomic mass is 79.9. The van der Waals surface area contributed by atoms with Crippen LogP contribution in [0.1, 0.15) is 47.4 Å². The lowest BCUT2D eigenvalue weighted by atomic mass is 10.1. The number of likely N-dealkylation sites (N-methyl/N-ethyl adjacent to an activating group) is 2. The first-order valence-corrected chi connectivity index (χ1v) is 15.7. The molecule has 15 nitrogen and oxygen atoms in total. The maximum atomic E-state index is 13.8. The summed E-state index contributed by atoms with van der Waals surface area (Å²) in [4.78, 5) is 74.5. The van der Waals surface area contributed by atoms with Crippen molar-refractivity contribution in [3.8, 4) is 0 Å². The second kappa shape index (κ2) is 13.2. The number of nitrogens with one attached hydrogen (secondary N) is 1. The van der Waals surface area contributed by atoms with Crippen LogP contribution in [0.15, 0.2) is 35.1 Å². The Kier molecular flexibility index (Phi) is 9.49. The number of nitrogens with zero attached hydrogens (tertiary/aromatic N) is 6. The van der Waals surface area contributed by atoms with Gasteiger partial charge < -0.3 is 35.4 Å². The van der Waals surface area contributed by atoms with E-state index in [0.29, 0.717) is 36.2 Å². The van der Waals surface area contributed by atoms with Crippen molar-refractivity contribution in [3.63, 3.8) is 0 Å². The van der Waals surface area contributed by atoms with Crippen LogP contribution in [-0.2, 0) is 14.3 Å². The molecule has 3 aliphatic heterocycles. The lowest BCUT2D eigenvalue weighted by Crippen LogP contribution is -2.48. The van der Waals surface area contributed by atoms with Gasteiger partial charge in [-0.1, -0.05) is 15.9 Å². The fraction of sp³-hybridized carbons (Fsp3) is 0.500. The van der Waals surface area contributed by atoms with E-state index in [1.54, 1.807) is 29.1 Å². The molecule has 0 radical (unpaired) electrons. The Labute approximate surface area is 274 Å². The number of anilines is 2. The number of halogens is 1. The average molecular weight is 702 g/mol. The number of benzene rings is 1. The molecule has 3 N–H and O–H groups in total. The third-order valence-corrected chi connectivity index (χ3v) is 9.16. The third-order valence-electron chi connectivity index (χ3n) is 8.70. The van der Waals surface area contributed by atoms with Gasteiger partial charge in [-0.15, -0.1) is 0 Å². The van der Waals surface area contributed by atoms with Crippen molar-refractivity contribution >= 4 is 56.6 Å². The molecule has 16 heteroatoms. The maximum Gasteiger partial charge on any atom is 0.294 e. The highest BCUT2D eigenvalue weighted by Gasteiger charge is 2.41. The number of likely N-dealkylation sites (tertiary alicyclic amines) is 2. The van der Waals surface area contributed by atoms with Gasteiger partial charge in [-0.05, 0) is 32.4 Å². The van der Waals surface area contributed by atoms with Crippen LogP contribution >= 0.6 is 15.9 Å². The fourth-order valence-electron chi connectivity index (χ4n) is 6.42. The first kappa shape index (κ1) is 33.1. The highest BCUT2D eigenvalue weighted by molar-refractivity contribution is 9.10. The van der Waals surface area contributed by atoms with Gasteiger partial charge in [-0.3, -0.25) is 34.3 Å². The van der Waals surface area contributed by atoms with E-state index in [9.17, 15) is 29.3 Å². The molecule has 3 saturated heterocycles. The maximum absolute atomic E-state index is 13.8.